The standard InChI is InChI=1S/C11H21N3O2/c1-8(2)10(15)13-4-6-14(7-5-13)11(16)9(3)12/h8-9H,4-7,12H2,1-3H3/t9-/m0/s1. The van der Waals surface area contributed by atoms with Gasteiger partial charge in [-0.3, -0.25) is 9.59 Å². The summed E-state index contributed by atoms with van der Waals surface area (Å²) in [6, 6.07) is -0.452. The van der Waals surface area contributed by atoms with Crippen molar-refractivity contribution in [2.75, 3.05) is 26.2 Å². The molecule has 0 aromatic heterocycles. The van der Waals surface area contributed by atoms with Crippen LogP contribution in [0.3, 0.4) is 0 Å². The number of nitrogens with two attached hydrogens (primary N) is 1. The van der Waals surface area contributed by atoms with E-state index in [1.165, 1.54) is 0 Å². The minimum absolute atomic E-state index is 0.0238. The molecule has 2 amide bonds. The summed E-state index contributed by atoms with van der Waals surface area (Å²) >= 11 is 0. The molecule has 0 unspecified atom stereocenters. The van der Waals surface area contributed by atoms with Crippen LogP contribution >= 0.6 is 0 Å². The zero-order valence-electron chi connectivity index (χ0n) is 10.3. The SMILES string of the molecule is CC(C)C(=O)N1CCN(C(=O)[C@H](C)N)CC1. The Morgan fingerprint density at radius 2 is 1.31 bits per heavy atom. The van der Waals surface area contributed by atoms with Crippen LogP contribution in [0.4, 0.5) is 0 Å². The first kappa shape index (κ1) is 13.0. The lowest BCUT2D eigenvalue weighted by Crippen LogP contribution is -2.54. The molecule has 1 rings (SSSR count). The third kappa shape index (κ3) is 2.95. The van der Waals surface area contributed by atoms with E-state index in [2.05, 4.69) is 0 Å². The molecule has 1 saturated heterocycles. The molecule has 16 heavy (non-hydrogen) atoms. The van der Waals surface area contributed by atoms with Crippen LogP contribution in [-0.4, -0.2) is 53.8 Å². The molecule has 1 fully saturated rings. The van der Waals surface area contributed by atoms with E-state index in [0.29, 0.717) is 26.2 Å². The second-order valence-corrected chi connectivity index (χ2v) is 4.59. The smallest absolute Gasteiger partial charge is 0.239 e. The molecule has 0 aliphatic carbocycles. The Labute approximate surface area is 96.6 Å². The maximum atomic E-state index is 11.7. The molecule has 1 atom stereocenters. The first-order chi connectivity index (χ1) is 7.43. The van der Waals surface area contributed by atoms with Crippen LogP contribution in [0.25, 0.3) is 0 Å². The lowest BCUT2D eigenvalue weighted by atomic mass is 10.1. The van der Waals surface area contributed by atoms with Gasteiger partial charge in [-0.15, -0.1) is 0 Å². The van der Waals surface area contributed by atoms with E-state index in [9.17, 15) is 9.59 Å². The highest BCUT2D eigenvalue weighted by Gasteiger charge is 2.26. The molecule has 0 radical (unpaired) electrons. The molecule has 1 aliphatic heterocycles. The van der Waals surface area contributed by atoms with Gasteiger partial charge in [-0.2, -0.15) is 0 Å². The summed E-state index contributed by atoms with van der Waals surface area (Å²) < 4.78 is 0. The van der Waals surface area contributed by atoms with Crippen molar-refractivity contribution in [3.8, 4) is 0 Å². The zero-order valence-corrected chi connectivity index (χ0v) is 10.3. The zero-order chi connectivity index (χ0) is 12.3. The Bertz CT molecular complexity index is 240. The van der Waals surface area contributed by atoms with Crippen molar-refractivity contribution >= 4 is 11.8 Å². The Morgan fingerprint density at radius 1 is 0.938 bits per heavy atom. The lowest BCUT2D eigenvalue weighted by Gasteiger charge is -2.36. The van der Waals surface area contributed by atoms with Crippen LogP contribution < -0.4 is 5.73 Å². The van der Waals surface area contributed by atoms with Crippen molar-refractivity contribution in [2.24, 2.45) is 11.7 Å². The van der Waals surface area contributed by atoms with Gasteiger partial charge in [-0.05, 0) is 6.92 Å². The molecule has 5 nitrogen and oxygen atoms in total. The van der Waals surface area contributed by atoms with Gasteiger partial charge in [0.1, 0.15) is 0 Å². The second kappa shape index (κ2) is 5.30. The third-order valence-corrected chi connectivity index (χ3v) is 2.79. The summed E-state index contributed by atoms with van der Waals surface area (Å²) in [5.74, 6) is 0.153. The van der Waals surface area contributed by atoms with Crippen molar-refractivity contribution in [3.05, 3.63) is 0 Å². The number of nitrogens with zero attached hydrogens (tertiary/aromatic N) is 2. The van der Waals surface area contributed by atoms with Gasteiger partial charge < -0.3 is 15.5 Å². The van der Waals surface area contributed by atoms with Gasteiger partial charge in [0.15, 0.2) is 0 Å². The van der Waals surface area contributed by atoms with Crippen molar-refractivity contribution in [1.82, 2.24) is 9.80 Å². The average molecular weight is 227 g/mol. The largest absolute Gasteiger partial charge is 0.339 e. The van der Waals surface area contributed by atoms with Crippen LogP contribution in [0.1, 0.15) is 20.8 Å². The molecule has 0 saturated carbocycles. The number of amides is 2. The van der Waals surface area contributed by atoms with E-state index in [0.717, 1.165) is 0 Å². The molecule has 0 spiro atoms. The van der Waals surface area contributed by atoms with Gasteiger partial charge >= 0.3 is 0 Å². The quantitative estimate of drug-likeness (QED) is 0.702. The lowest BCUT2D eigenvalue weighted by molar-refractivity contribution is -0.141. The number of hydrogen-bond donors (Lipinski definition) is 1. The normalized spacial score (nSPS) is 18.8. The van der Waals surface area contributed by atoms with E-state index in [1.807, 2.05) is 18.7 Å². The van der Waals surface area contributed by atoms with Gasteiger partial charge in [0.05, 0.1) is 6.04 Å². The topological polar surface area (TPSA) is 66.6 Å². The minimum atomic E-state index is -0.452. The Morgan fingerprint density at radius 3 is 1.62 bits per heavy atom. The Kier molecular flexibility index (Phi) is 4.29. The van der Waals surface area contributed by atoms with Gasteiger partial charge in [-0.1, -0.05) is 13.8 Å². The van der Waals surface area contributed by atoms with Crippen LogP contribution in [0.2, 0.25) is 0 Å². The molecule has 0 aromatic rings. The molecule has 2 N–H and O–H groups in total. The van der Waals surface area contributed by atoms with Gasteiger partial charge in [0, 0.05) is 32.1 Å². The Balaban J connectivity index is 2.45. The maximum Gasteiger partial charge on any atom is 0.239 e. The van der Waals surface area contributed by atoms with E-state index in [1.54, 1.807) is 11.8 Å². The molecular formula is C11H21N3O2. The molecule has 92 valence electrons. The highest BCUT2D eigenvalue weighted by atomic mass is 16.2. The highest BCUT2D eigenvalue weighted by molar-refractivity contribution is 5.82. The van der Waals surface area contributed by atoms with E-state index in [4.69, 9.17) is 5.73 Å². The van der Waals surface area contributed by atoms with Crippen LogP contribution in [0.15, 0.2) is 0 Å². The van der Waals surface area contributed by atoms with Crippen molar-refractivity contribution in [1.29, 1.82) is 0 Å². The van der Waals surface area contributed by atoms with Gasteiger partial charge in [0.2, 0.25) is 11.8 Å². The van der Waals surface area contributed by atoms with Crippen LogP contribution in [0.5, 0.6) is 0 Å². The van der Waals surface area contributed by atoms with Crippen LogP contribution in [-0.2, 0) is 9.59 Å². The minimum Gasteiger partial charge on any atom is -0.339 e. The highest BCUT2D eigenvalue weighted by Crippen LogP contribution is 2.07. The third-order valence-electron chi connectivity index (χ3n) is 2.79. The first-order valence-electron chi connectivity index (χ1n) is 5.76. The summed E-state index contributed by atoms with van der Waals surface area (Å²) in [7, 11) is 0. The molecule has 0 bridgehead atoms. The fourth-order valence-corrected chi connectivity index (χ4v) is 1.80. The van der Waals surface area contributed by atoms with E-state index < -0.39 is 6.04 Å². The number of piperazine rings is 1. The maximum absolute atomic E-state index is 11.7. The monoisotopic (exact) mass is 227 g/mol. The summed E-state index contributed by atoms with van der Waals surface area (Å²) in [5.41, 5.74) is 5.54. The van der Waals surface area contributed by atoms with Crippen LogP contribution in [0, 0.1) is 5.92 Å². The summed E-state index contributed by atoms with van der Waals surface area (Å²) in [6.07, 6.45) is 0. The summed E-state index contributed by atoms with van der Waals surface area (Å²) in [4.78, 5) is 26.9. The van der Waals surface area contributed by atoms with Crippen molar-refractivity contribution in [2.45, 2.75) is 26.8 Å². The molecule has 0 aromatic carbocycles. The predicted octanol–water partition coefficient (Wildman–Crippen LogP) is -0.340. The number of rotatable bonds is 2. The predicted molar refractivity (Wildman–Crippen MR) is 61.6 cm³/mol. The molecule has 1 heterocycles. The number of hydrogen-bond acceptors (Lipinski definition) is 3. The fraction of sp³-hybridized carbons (Fsp3) is 0.818. The first-order valence-corrected chi connectivity index (χ1v) is 5.76. The van der Waals surface area contributed by atoms with Crippen molar-refractivity contribution in [3.63, 3.8) is 0 Å². The number of carbonyl (C=O) groups is 2. The average Bonchev–Trinajstić information content (AvgIpc) is 2.27. The fourth-order valence-electron chi connectivity index (χ4n) is 1.80. The molecule has 5 heteroatoms. The van der Waals surface area contributed by atoms with Gasteiger partial charge in [-0.25, -0.2) is 0 Å². The van der Waals surface area contributed by atoms with Crippen molar-refractivity contribution < 1.29 is 9.59 Å². The van der Waals surface area contributed by atoms with E-state index in [-0.39, 0.29) is 17.7 Å². The second-order valence-electron chi connectivity index (χ2n) is 4.59. The van der Waals surface area contributed by atoms with Gasteiger partial charge in [0.25, 0.3) is 0 Å². The molecule has 1 aliphatic rings. The number of carbonyl (C=O) groups excluding carboxylic acids is 2. The molecular weight excluding hydrogens is 206 g/mol. The summed E-state index contributed by atoms with van der Waals surface area (Å²) in [6.45, 7) is 7.90. The van der Waals surface area contributed by atoms with E-state index >= 15 is 0 Å². The Hall–Kier alpha value is -1.10. The summed E-state index contributed by atoms with van der Waals surface area (Å²) in [5, 5.41) is 0.